The number of benzene rings is 1. The molecule has 0 radical (unpaired) electrons. The number of carbonyl (C=O) groups excluding carboxylic acids is 1. The Kier molecular flexibility index (Phi) is 4.54. The van der Waals surface area contributed by atoms with E-state index in [1.807, 2.05) is 18.2 Å². The summed E-state index contributed by atoms with van der Waals surface area (Å²) >= 11 is 0. The van der Waals surface area contributed by atoms with Crippen LogP contribution in [0.4, 0.5) is 0 Å². The van der Waals surface area contributed by atoms with Gasteiger partial charge in [-0.15, -0.1) is 0 Å². The summed E-state index contributed by atoms with van der Waals surface area (Å²) in [5.41, 5.74) is 1.15. The van der Waals surface area contributed by atoms with Crippen LogP contribution in [0.2, 0.25) is 0 Å². The summed E-state index contributed by atoms with van der Waals surface area (Å²) in [5.74, 6) is 0.450. The molecule has 1 atom stereocenters. The number of ether oxygens (including phenoxy) is 1. The lowest BCUT2D eigenvalue weighted by molar-refractivity contribution is -0.125. The third kappa shape index (κ3) is 3.42. The van der Waals surface area contributed by atoms with Crippen molar-refractivity contribution in [3.63, 3.8) is 0 Å². The smallest absolute Gasteiger partial charge is 0.138 e. The van der Waals surface area contributed by atoms with Crippen LogP contribution in [-0.4, -0.2) is 12.4 Å². The Bertz CT molecular complexity index is 385. The van der Waals surface area contributed by atoms with Crippen LogP contribution >= 0.6 is 0 Å². The molecule has 1 fully saturated rings. The molecule has 1 aliphatic rings. The Morgan fingerprint density at radius 1 is 1.28 bits per heavy atom. The first-order chi connectivity index (χ1) is 8.71. The van der Waals surface area contributed by atoms with Crippen LogP contribution in [0.1, 0.15) is 44.6 Å². The minimum absolute atomic E-state index is 0.0594. The molecule has 1 saturated carbocycles. The van der Waals surface area contributed by atoms with E-state index in [2.05, 4.69) is 19.1 Å². The third-order valence-corrected chi connectivity index (χ3v) is 3.93. The van der Waals surface area contributed by atoms with Gasteiger partial charge in [0.25, 0.3) is 0 Å². The van der Waals surface area contributed by atoms with Gasteiger partial charge in [0.1, 0.15) is 5.78 Å². The van der Waals surface area contributed by atoms with Gasteiger partial charge in [-0.25, -0.2) is 0 Å². The predicted octanol–water partition coefficient (Wildman–Crippen LogP) is 3.74. The predicted molar refractivity (Wildman–Crippen MR) is 72.3 cm³/mol. The first-order valence-electron chi connectivity index (χ1n) is 6.86. The Morgan fingerprint density at radius 3 is 2.72 bits per heavy atom. The fraction of sp³-hybridized carbons (Fsp3) is 0.562. The van der Waals surface area contributed by atoms with Crippen LogP contribution in [0.5, 0.6) is 0 Å². The van der Waals surface area contributed by atoms with E-state index >= 15 is 0 Å². The molecule has 0 unspecified atom stereocenters. The minimum atomic E-state index is -0.0594. The SMILES string of the molecule is C[C@@]1(CCCOCc2ccccc2)CCCC1=O. The van der Waals surface area contributed by atoms with E-state index in [1.165, 1.54) is 5.56 Å². The van der Waals surface area contributed by atoms with Gasteiger partial charge < -0.3 is 4.74 Å². The molecular formula is C16H22O2. The zero-order valence-electron chi connectivity index (χ0n) is 11.2. The Balaban J connectivity index is 1.63. The molecule has 98 valence electrons. The second-order valence-corrected chi connectivity index (χ2v) is 5.48. The van der Waals surface area contributed by atoms with E-state index in [0.29, 0.717) is 12.4 Å². The fourth-order valence-corrected chi connectivity index (χ4v) is 2.67. The number of ketones is 1. The molecule has 2 heteroatoms. The highest BCUT2D eigenvalue weighted by atomic mass is 16.5. The van der Waals surface area contributed by atoms with Gasteiger partial charge in [-0.3, -0.25) is 4.79 Å². The molecule has 0 aliphatic heterocycles. The van der Waals surface area contributed by atoms with Crippen molar-refractivity contribution in [1.29, 1.82) is 0 Å². The van der Waals surface area contributed by atoms with Gasteiger partial charge >= 0.3 is 0 Å². The molecule has 0 heterocycles. The lowest BCUT2D eigenvalue weighted by atomic mass is 9.83. The highest BCUT2D eigenvalue weighted by Gasteiger charge is 2.36. The molecule has 0 aromatic heterocycles. The van der Waals surface area contributed by atoms with Crippen molar-refractivity contribution in [2.45, 2.75) is 45.6 Å². The summed E-state index contributed by atoms with van der Waals surface area (Å²) in [7, 11) is 0. The van der Waals surface area contributed by atoms with Gasteiger partial charge in [0.2, 0.25) is 0 Å². The molecule has 18 heavy (non-hydrogen) atoms. The monoisotopic (exact) mass is 246 g/mol. The summed E-state index contributed by atoms with van der Waals surface area (Å²) in [4.78, 5) is 11.7. The van der Waals surface area contributed by atoms with Crippen LogP contribution in [-0.2, 0) is 16.1 Å². The van der Waals surface area contributed by atoms with Gasteiger partial charge in [0.15, 0.2) is 0 Å². The lowest BCUT2D eigenvalue weighted by Crippen LogP contribution is -2.21. The second kappa shape index (κ2) is 6.14. The Morgan fingerprint density at radius 2 is 2.06 bits per heavy atom. The quantitative estimate of drug-likeness (QED) is 0.715. The molecule has 0 bridgehead atoms. The van der Waals surface area contributed by atoms with Crippen molar-refractivity contribution in [1.82, 2.24) is 0 Å². The van der Waals surface area contributed by atoms with E-state index in [0.717, 1.165) is 38.7 Å². The van der Waals surface area contributed by atoms with Crippen molar-refractivity contribution in [2.24, 2.45) is 5.41 Å². The molecule has 0 saturated heterocycles. The first kappa shape index (κ1) is 13.3. The zero-order chi connectivity index (χ0) is 12.8. The minimum Gasteiger partial charge on any atom is -0.377 e. The molecule has 0 N–H and O–H groups in total. The van der Waals surface area contributed by atoms with Gasteiger partial charge in [-0.1, -0.05) is 37.3 Å². The molecule has 0 amide bonds. The van der Waals surface area contributed by atoms with Gasteiger partial charge in [-0.05, 0) is 31.2 Å². The van der Waals surface area contributed by atoms with Crippen LogP contribution in [0.25, 0.3) is 0 Å². The topological polar surface area (TPSA) is 26.3 Å². The van der Waals surface area contributed by atoms with Crippen molar-refractivity contribution < 1.29 is 9.53 Å². The Labute approximate surface area is 109 Å². The van der Waals surface area contributed by atoms with Crippen molar-refractivity contribution in [2.75, 3.05) is 6.61 Å². The number of Topliss-reactive ketones (excluding diaryl/α,β-unsaturated/α-hetero) is 1. The normalized spacial score (nSPS) is 23.5. The average Bonchev–Trinajstić information content (AvgIpc) is 2.71. The maximum atomic E-state index is 11.7. The number of hydrogen-bond acceptors (Lipinski definition) is 2. The molecule has 2 rings (SSSR count). The van der Waals surface area contributed by atoms with Crippen molar-refractivity contribution in [3.05, 3.63) is 35.9 Å². The van der Waals surface area contributed by atoms with E-state index in [-0.39, 0.29) is 5.41 Å². The van der Waals surface area contributed by atoms with Gasteiger partial charge in [-0.2, -0.15) is 0 Å². The van der Waals surface area contributed by atoms with Gasteiger partial charge in [0, 0.05) is 18.4 Å². The number of hydrogen-bond donors (Lipinski definition) is 0. The molecule has 1 aromatic rings. The molecule has 0 spiro atoms. The maximum Gasteiger partial charge on any atom is 0.138 e. The van der Waals surface area contributed by atoms with E-state index in [9.17, 15) is 4.79 Å². The standard InChI is InChI=1S/C16H22O2/c1-16(10-5-9-15(16)17)11-6-12-18-13-14-7-3-2-4-8-14/h2-4,7-8H,5-6,9-13H2,1H3/t16-/m0/s1. The van der Waals surface area contributed by atoms with E-state index in [1.54, 1.807) is 0 Å². The lowest BCUT2D eigenvalue weighted by Gasteiger charge is -2.21. The van der Waals surface area contributed by atoms with E-state index in [4.69, 9.17) is 4.74 Å². The fourth-order valence-electron chi connectivity index (χ4n) is 2.67. The van der Waals surface area contributed by atoms with Gasteiger partial charge in [0.05, 0.1) is 6.61 Å². The molecule has 1 aliphatic carbocycles. The third-order valence-electron chi connectivity index (χ3n) is 3.93. The van der Waals surface area contributed by atoms with Crippen LogP contribution in [0.15, 0.2) is 30.3 Å². The number of carbonyl (C=O) groups is 1. The second-order valence-electron chi connectivity index (χ2n) is 5.48. The summed E-state index contributed by atoms with van der Waals surface area (Å²) in [5, 5.41) is 0. The highest BCUT2D eigenvalue weighted by molar-refractivity contribution is 5.86. The first-order valence-corrected chi connectivity index (χ1v) is 6.86. The summed E-state index contributed by atoms with van der Waals surface area (Å²) in [6, 6.07) is 10.2. The zero-order valence-corrected chi connectivity index (χ0v) is 11.2. The summed E-state index contributed by atoms with van der Waals surface area (Å²) in [6.07, 6.45) is 4.86. The van der Waals surface area contributed by atoms with E-state index < -0.39 is 0 Å². The van der Waals surface area contributed by atoms with Crippen molar-refractivity contribution >= 4 is 5.78 Å². The molecule has 2 nitrogen and oxygen atoms in total. The van der Waals surface area contributed by atoms with Crippen LogP contribution < -0.4 is 0 Å². The van der Waals surface area contributed by atoms with Crippen LogP contribution in [0.3, 0.4) is 0 Å². The molecular weight excluding hydrogens is 224 g/mol. The number of rotatable bonds is 6. The highest BCUT2D eigenvalue weighted by Crippen LogP contribution is 2.38. The van der Waals surface area contributed by atoms with Crippen LogP contribution in [0, 0.1) is 5.41 Å². The molecule has 1 aromatic carbocycles. The van der Waals surface area contributed by atoms with Crippen molar-refractivity contribution in [3.8, 4) is 0 Å². The maximum absolute atomic E-state index is 11.7. The Hall–Kier alpha value is -1.15. The largest absolute Gasteiger partial charge is 0.377 e. The summed E-state index contributed by atoms with van der Waals surface area (Å²) < 4.78 is 5.65. The summed E-state index contributed by atoms with van der Waals surface area (Å²) in [6.45, 7) is 3.53. The average molecular weight is 246 g/mol.